The van der Waals surface area contributed by atoms with Crippen LogP contribution in [0.1, 0.15) is 318 Å². The summed E-state index contributed by atoms with van der Waals surface area (Å²) in [6.07, 6.45) is 45.6. The van der Waals surface area contributed by atoms with Crippen molar-refractivity contribution in [1.82, 2.24) is 0 Å². The first kappa shape index (κ1) is 85.5. The van der Waals surface area contributed by atoms with Gasteiger partial charge >= 0.3 is 39.5 Å². The Morgan fingerprint density at radius 2 is 0.614 bits per heavy atom. The number of phosphoric acid groups is 2. The summed E-state index contributed by atoms with van der Waals surface area (Å²) in [6.45, 7) is 11.6. The predicted molar refractivity (Wildman–Crippen MR) is 354 cm³/mol. The molecule has 5 atom stereocenters. The van der Waals surface area contributed by atoms with Gasteiger partial charge in [0.1, 0.15) is 19.3 Å². The van der Waals surface area contributed by atoms with Gasteiger partial charge in [-0.05, 0) is 69.1 Å². The fourth-order valence-corrected chi connectivity index (χ4v) is 11.4. The van der Waals surface area contributed by atoms with Crippen molar-refractivity contribution < 1.29 is 80.2 Å². The molecule has 0 aliphatic carbocycles. The molecule has 0 amide bonds. The van der Waals surface area contributed by atoms with Gasteiger partial charge in [-0.25, -0.2) is 9.13 Å². The average Bonchev–Trinajstić information content (AvgIpc) is 3.56. The van der Waals surface area contributed by atoms with Crippen LogP contribution in [0.2, 0.25) is 0 Å². The van der Waals surface area contributed by atoms with Crippen molar-refractivity contribution in [3.63, 3.8) is 0 Å². The maximum absolute atomic E-state index is 13.0. The summed E-state index contributed by atoms with van der Waals surface area (Å²) < 4.78 is 68.1. The number of ether oxygens (including phenoxy) is 4. The zero-order chi connectivity index (χ0) is 65.2. The molecule has 0 aliphatic rings. The third-order valence-corrected chi connectivity index (χ3v) is 17.2. The van der Waals surface area contributed by atoms with Crippen LogP contribution in [0.3, 0.4) is 0 Å². The smallest absolute Gasteiger partial charge is 0.462 e. The van der Waals surface area contributed by atoms with Crippen molar-refractivity contribution >= 4 is 39.5 Å². The first-order chi connectivity index (χ1) is 42.2. The number of esters is 4. The van der Waals surface area contributed by atoms with Crippen LogP contribution in [0.4, 0.5) is 0 Å². The summed E-state index contributed by atoms with van der Waals surface area (Å²) in [7, 11) is -9.91. The van der Waals surface area contributed by atoms with E-state index in [1.54, 1.807) is 0 Å². The number of allylic oxidation sites excluding steroid dienone is 4. The molecule has 0 saturated carbocycles. The van der Waals surface area contributed by atoms with Gasteiger partial charge in [-0.1, -0.05) is 265 Å². The van der Waals surface area contributed by atoms with E-state index in [4.69, 9.17) is 37.0 Å². The summed E-state index contributed by atoms with van der Waals surface area (Å²) in [4.78, 5) is 72.4. The van der Waals surface area contributed by atoms with E-state index in [2.05, 4.69) is 72.8 Å². The molecule has 3 N–H and O–H groups in total. The Morgan fingerprint density at radius 3 is 0.920 bits per heavy atom. The van der Waals surface area contributed by atoms with Gasteiger partial charge in [0.15, 0.2) is 12.2 Å². The van der Waals surface area contributed by atoms with Crippen LogP contribution in [0.25, 0.3) is 0 Å². The summed E-state index contributed by atoms with van der Waals surface area (Å²) >= 11 is 0. The first-order valence-electron chi connectivity index (χ1n) is 35.2. The van der Waals surface area contributed by atoms with Gasteiger partial charge in [0.05, 0.1) is 26.4 Å². The van der Waals surface area contributed by atoms with Gasteiger partial charge in [0.25, 0.3) is 0 Å². The molecule has 0 heterocycles. The van der Waals surface area contributed by atoms with Crippen molar-refractivity contribution in [2.45, 2.75) is 336 Å². The molecule has 0 radical (unpaired) electrons. The normalized spacial score (nSPS) is 14.4. The van der Waals surface area contributed by atoms with Crippen LogP contribution in [-0.4, -0.2) is 96.7 Å². The average molecular weight is 1290 g/mol. The van der Waals surface area contributed by atoms with Gasteiger partial charge in [-0.3, -0.25) is 37.3 Å². The topological polar surface area (TPSA) is 237 Å². The van der Waals surface area contributed by atoms with Crippen molar-refractivity contribution in [2.75, 3.05) is 39.6 Å². The standard InChI is InChI=1S/C69H130O17P2/c1-8-9-10-11-12-13-14-15-16-17-21-24-27-38-45-52-68(73)85-64(56-79-66(71)50-43-36-31-29-34-41-48-61(4)5)58-83-87(75,76)81-54-63(70)55-82-88(77,78)84-59-65(57-80-67(72)51-44-37-32-30-35-42-49-62(6)7)86-69(74)53-46-39-28-25-22-19-18-20-23-26-33-40-47-60(2)3/h13-16,60-65,70H,8-12,17-59H2,1-7H3,(H,75,76)(H,77,78)/b14-13-,16-15-/t63-,64-,65-/m1/s1. The molecule has 17 nitrogen and oxygen atoms in total. The lowest BCUT2D eigenvalue weighted by Crippen LogP contribution is -2.30. The Balaban J connectivity index is 5.26. The van der Waals surface area contributed by atoms with Crippen molar-refractivity contribution in [3.05, 3.63) is 24.3 Å². The molecular formula is C69H130O17P2. The minimum Gasteiger partial charge on any atom is -0.462 e. The molecular weight excluding hydrogens is 1160 g/mol. The molecule has 0 rings (SSSR count). The molecule has 2 unspecified atom stereocenters. The predicted octanol–water partition coefficient (Wildman–Crippen LogP) is 19.0. The zero-order valence-electron chi connectivity index (χ0n) is 56.7. The first-order valence-corrected chi connectivity index (χ1v) is 38.2. The molecule has 88 heavy (non-hydrogen) atoms. The SMILES string of the molecule is CCCCCC/C=C\C=C/CCCCCCCC(=O)O[C@H](COC(=O)CCCCCCCCC(C)C)COP(=O)(O)OC[C@@H](O)COP(=O)(O)OC[C@@H](COC(=O)CCCCCCCCC(C)C)OC(=O)CCCCCCCCCCCCCCC(C)C. The Labute approximate surface area is 535 Å². The van der Waals surface area contributed by atoms with Crippen molar-refractivity contribution in [1.29, 1.82) is 0 Å². The number of hydrogen-bond acceptors (Lipinski definition) is 15. The quantitative estimate of drug-likeness (QED) is 0.0169. The minimum atomic E-state index is -4.96. The molecule has 0 aromatic rings. The van der Waals surface area contributed by atoms with Crippen molar-refractivity contribution in [3.8, 4) is 0 Å². The maximum Gasteiger partial charge on any atom is 0.472 e. The number of carbonyl (C=O) groups excluding carboxylic acids is 4. The lowest BCUT2D eigenvalue weighted by atomic mass is 10.0. The fraction of sp³-hybridized carbons (Fsp3) is 0.884. The third-order valence-electron chi connectivity index (χ3n) is 15.3. The number of rotatable bonds is 65. The Hall–Kier alpha value is -2.46. The van der Waals surface area contributed by atoms with E-state index in [1.807, 2.05) is 0 Å². The van der Waals surface area contributed by atoms with E-state index in [0.29, 0.717) is 37.5 Å². The molecule has 0 aromatic carbocycles. The third kappa shape index (κ3) is 62.4. The van der Waals surface area contributed by atoms with Crippen LogP contribution < -0.4 is 0 Å². The lowest BCUT2D eigenvalue weighted by molar-refractivity contribution is -0.161. The second kappa shape index (κ2) is 59.5. The monoisotopic (exact) mass is 1290 g/mol. The fourth-order valence-electron chi connectivity index (χ4n) is 9.82. The van der Waals surface area contributed by atoms with Gasteiger partial charge in [-0.2, -0.15) is 0 Å². The molecule has 0 fully saturated rings. The van der Waals surface area contributed by atoms with E-state index in [-0.39, 0.29) is 25.7 Å². The highest BCUT2D eigenvalue weighted by Gasteiger charge is 2.30. The minimum absolute atomic E-state index is 0.0834. The molecule has 0 aliphatic heterocycles. The molecule has 0 spiro atoms. The number of aliphatic hydroxyl groups is 1. The highest BCUT2D eigenvalue weighted by molar-refractivity contribution is 7.47. The molecule has 0 saturated heterocycles. The molecule has 518 valence electrons. The number of hydrogen-bond donors (Lipinski definition) is 3. The Morgan fingerprint density at radius 1 is 0.352 bits per heavy atom. The molecule has 0 aromatic heterocycles. The molecule has 19 heteroatoms. The second-order valence-corrected chi connectivity index (χ2v) is 28.6. The van der Waals surface area contributed by atoms with E-state index in [1.165, 1.54) is 103 Å². The van der Waals surface area contributed by atoms with Crippen LogP contribution in [0, 0.1) is 17.8 Å². The largest absolute Gasteiger partial charge is 0.472 e. The Bertz CT molecular complexity index is 1830. The summed E-state index contributed by atoms with van der Waals surface area (Å²) in [5, 5.41) is 10.6. The summed E-state index contributed by atoms with van der Waals surface area (Å²) in [6, 6.07) is 0. The lowest BCUT2D eigenvalue weighted by Gasteiger charge is -2.21. The van der Waals surface area contributed by atoms with E-state index >= 15 is 0 Å². The van der Waals surface area contributed by atoms with Crippen LogP contribution in [0.15, 0.2) is 24.3 Å². The van der Waals surface area contributed by atoms with Gasteiger partial charge in [-0.15, -0.1) is 0 Å². The number of unbranched alkanes of at least 4 members (excludes halogenated alkanes) is 30. The number of carbonyl (C=O) groups is 4. The number of aliphatic hydroxyl groups excluding tert-OH is 1. The van der Waals surface area contributed by atoms with E-state index in [0.717, 1.165) is 121 Å². The van der Waals surface area contributed by atoms with Gasteiger partial charge in [0.2, 0.25) is 0 Å². The highest BCUT2D eigenvalue weighted by Crippen LogP contribution is 2.45. The van der Waals surface area contributed by atoms with Crippen LogP contribution in [-0.2, 0) is 65.4 Å². The van der Waals surface area contributed by atoms with Gasteiger partial charge in [0, 0.05) is 25.7 Å². The zero-order valence-corrected chi connectivity index (χ0v) is 58.5. The highest BCUT2D eigenvalue weighted by atomic mass is 31.2. The Kier molecular flexibility index (Phi) is 57.9. The van der Waals surface area contributed by atoms with E-state index in [9.17, 15) is 43.2 Å². The molecule has 0 bridgehead atoms. The summed E-state index contributed by atoms with van der Waals surface area (Å²) in [5.41, 5.74) is 0. The van der Waals surface area contributed by atoms with Crippen LogP contribution in [0.5, 0.6) is 0 Å². The van der Waals surface area contributed by atoms with E-state index < -0.39 is 97.5 Å². The summed E-state index contributed by atoms with van der Waals surface area (Å²) in [5.74, 6) is -0.0341. The second-order valence-electron chi connectivity index (χ2n) is 25.7. The van der Waals surface area contributed by atoms with Crippen molar-refractivity contribution in [2.24, 2.45) is 17.8 Å². The number of phosphoric ester groups is 2. The maximum atomic E-state index is 13.0. The van der Waals surface area contributed by atoms with Gasteiger partial charge < -0.3 is 33.8 Å². The van der Waals surface area contributed by atoms with Crippen LogP contribution >= 0.6 is 15.6 Å².